The van der Waals surface area contributed by atoms with E-state index in [0.717, 1.165) is 43.7 Å². The smallest absolute Gasteiger partial charge is 0.152 e. The van der Waals surface area contributed by atoms with Crippen LogP contribution in [0.5, 0.6) is 0 Å². The SMILES string of the molecule is O=C(CN1CCC(OCc2ccccc2)CC1)C12CC3CC(CC(C3)C1)C2. The van der Waals surface area contributed by atoms with Gasteiger partial charge in [0.1, 0.15) is 0 Å². The van der Waals surface area contributed by atoms with Gasteiger partial charge in [-0.15, -0.1) is 0 Å². The summed E-state index contributed by atoms with van der Waals surface area (Å²) in [5.74, 6) is 3.15. The summed E-state index contributed by atoms with van der Waals surface area (Å²) in [6.07, 6.45) is 10.3. The van der Waals surface area contributed by atoms with Crippen molar-refractivity contribution in [1.29, 1.82) is 0 Å². The molecule has 5 aliphatic rings. The third kappa shape index (κ3) is 3.73. The number of ether oxygens (including phenoxy) is 1. The molecule has 4 bridgehead atoms. The van der Waals surface area contributed by atoms with E-state index in [0.29, 0.717) is 25.0 Å². The summed E-state index contributed by atoms with van der Waals surface area (Å²) in [6.45, 7) is 3.42. The predicted molar refractivity (Wildman–Crippen MR) is 106 cm³/mol. The Morgan fingerprint density at radius 1 is 0.963 bits per heavy atom. The topological polar surface area (TPSA) is 29.5 Å². The molecule has 0 radical (unpaired) electrons. The van der Waals surface area contributed by atoms with E-state index in [1.54, 1.807) is 0 Å². The number of carbonyl (C=O) groups is 1. The van der Waals surface area contributed by atoms with Crippen LogP contribution in [0, 0.1) is 23.2 Å². The lowest BCUT2D eigenvalue weighted by atomic mass is 9.48. The number of hydrogen-bond donors (Lipinski definition) is 0. The van der Waals surface area contributed by atoms with Gasteiger partial charge in [-0.05, 0) is 74.7 Å². The summed E-state index contributed by atoms with van der Waals surface area (Å²) >= 11 is 0. The molecule has 0 unspecified atom stereocenters. The van der Waals surface area contributed by atoms with Crippen LogP contribution in [0.4, 0.5) is 0 Å². The van der Waals surface area contributed by atoms with Gasteiger partial charge in [-0.3, -0.25) is 9.69 Å². The van der Waals surface area contributed by atoms with Crippen LogP contribution in [-0.4, -0.2) is 36.4 Å². The summed E-state index contributed by atoms with van der Waals surface area (Å²) in [5.41, 5.74) is 1.31. The maximum absolute atomic E-state index is 13.3. The molecule has 6 rings (SSSR count). The molecule has 0 amide bonds. The Hall–Kier alpha value is -1.19. The van der Waals surface area contributed by atoms with Crippen LogP contribution in [0.2, 0.25) is 0 Å². The molecule has 1 heterocycles. The van der Waals surface area contributed by atoms with Gasteiger partial charge in [0.2, 0.25) is 0 Å². The summed E-state index contributed by atoms with van der Waals surface area (Å²) < 4.78 is 6.11. The van der Waals surface area contributed by atoms with Gasteiger partial charge < -0.3 is 4.74 Å². The molecule has 1 aliphatic heterocycles. The van der Waals surface area contributed by atoms with Crippen molar-refractivity contribution in [3.8, 4) is 0 Å². The molecule has 4 saturated carbocycles. The average Bonchev–Trinajstić information content (AvgIpc) is 2.67. The highest BCUT2D eigenvalue weighted by atomic mass is 16.5. The number of hydrogen-bond acceptors (Lipinski definition) is 3. The van der Waals surface area contributed by atoms with E-state index >= 15 is 0 Å². The number of benzene rings is 1. The normalized spacial score (nSPS) is 36.2. The number of nitrogens with zero attached hydrogens (tertiary/aromatic N) is 1. The van der Waals surface area contributed by atoms with Crippen LogP contribution in [0.1, 0.15) is 56.9 Å². The third-order valence-electron chi connectivity index (χ3n) is 7.86. The van der Waals surface area contributed by atoms with Crippen molar-refractivity contribution in [2.24, 2.45) is 23.2 Å². The van der Waals surface area contributed by atoms with Gasteiger partial charge in [0.05, 0.1) is 19.3 Å². The largest absolute Gasteiger partial charge is 0.373 e. The fraction of sp³-hybridized carbons (Fsp3) is 0.708. The van der Waals surface area contributed by atoms with Crippen molar-refractivity contribution >= 4 is 5.78 Å². The molecule has 3 heteroatoms. The molecular formula is C24H33NO2. The number of rotatable bonds is 6. The lowest BCUT2D eigenvalue weighted by Gasteiger charge is -2.56. The molecule has 0 atom stereocenters. The zero-order chi connectivity index (χ0) is 18.3. The number of carbonyl (C=O) groups excluding carboxylic acids is 1. The molecule has 146 valence electrons. The maximum Gasteiger partial charge on any atom is 0.152 e. The van der Waals surface area contributed by atoms with Crippen LogP contribution in [-0.2, 0) is 16.1 Å². The minimum Gasteiger partial charge on any atom is -0.373 e. The van der Waals surface area contributed by atoms with E-state index in [2.05, 4.69) is 29.2 Å². The van der Waals surface area contributed by atoms with Crippen molar-refractivity contribution in [3.05, 3.63) is 35.9 Å². The minimum absolute atomic E-state index is 0.0649. The number of ketones is 1. The fourth-order valence-electron chi connectivity index (χ4n) is 6.85. The van der Waals surface area contributed by atoms with Crippen LogP contribution >= 0.6 is 0 Å². The molecular weight excluding hydrogens is 334 g/mol. The molecule has 27 heavy (non-hydrogen) atoms. The van der Waals surface area contributed by atoms with Gasteiger partial charge in [-0.1, -0.05) is 30.3 Å². The van der Waals surface area contributed by atoms with Gasteiger partial charge >= 0.3 is 0 Å². The lowest BCUT2D eigenvalue weighted by molar-refractivity contribution is -0.145. The molecule has 0 N–H and O–H groups in total. The van der Waals surface area contributed by atoms with E-state index in [1.165, 1.54) is 44.1 Å². The van der Waals surface area contributed by atoms with Crippen molar-refractivity contribution in [1.82, 2.24) is 4.90 Å². The second-order valence-corrected chi connectivity index (χ2v) is 9.89. The molecule has 0 spiro atoms. The molecule has 1 aromatic rings. The quantitative estimate of drug-likeness (QED) is 0.744. The monoisotopic (exact) mass is 367 g/mol. The second kappa shape index (κ2) is 7.33. The van der Waals surface area contributed by atoms with E-state index in [9.17, 15) is 4.79 Å². The summed E-state index contributed by atoms with van der Waals surface area (Å²) in [5, 5.41) is 0. The first-order valence-corrected chi connectivity index (χ1v) is 11.1. The van der Waals surface area contributed by atoms with Crippen molar-refractivity contribution < 1.29 is 9.53 Å². The minimum atomic E-state index is 0.0649. The van der Waals surface area contributed by atoms with Crippen LogP contribution in [0.25, 0.3) is 0 Å². The van der Waals surface area contributed by atoms with Crippen LogP contribution < -0.4 is 0 Å². The third-order valence-corrected chi connectivity index (χ3v) is 7.86. The van der Waals surface area contributed by atoms with E-state index in [1.807, 2.05) is 6.07 Å². The van der Waals surface area contributed by atoms with E-state index in [-0.39, 0.29) is 5.41 Å². The fourth-order valence-corrected chi connectivity index (χ4v) is 6.85. The van der Waals surface area contributed by atoms with Crippen molar-refractivity contribution in [2.45, 2.75) is 64.1 Å². The Labute approximate surface area is 163 Å². The number of piperidine rings is 1. The van der Waals surface area contributed by atoms with Crippen molar-refractivity contribution in [2.75, 3.05) is 19.6 Å². The summed E-state index contributed by atoms with van der Waals surface area (Å²) in [4.78, 5) is 15.7. The Morgan fingerprint density at radius 2 is 1.56 bits per heavy atom. The summed E-state index contributed by atoms with van der Waals surface area (Å²) in [6, 6.07) is 10.4. The first kappa shape index (κ1) is 17.9. The lowest BCUT2D eigenvalue weighted by Crippen LogP contribution is -2.53. The second-order valence-electron chi connectivity index (χ2n) is 9.89. The van der Waals surface area contributed by atoms with Gasteiger partial charge in [0.15, 0.2) is 5.78 Å². The van der Waals surface area contributed by atoms with Gasteiger partial charge in [0, 0.05) is 18.5 Å². The average molecular weight is 368 g/mol. The highest BCUT2D eigenvalue weighted by Crippen LogP contribution is 2.60. The van der Waals surface area contributed by atoms with Gasteiger partial charge in [-0.25, -0.2) is 0 Å². The first-order chi connectivity index (χ1) is 13.2. The standard InChI is InChI=1S/C24H33NO2/c26-23(24-13-19-10-20(14-24)12-21(11-19)15-24)16-25-8-6-22(7-9-25)27-17-18-4-2-1-3-5-18/h1-5,19-22H,6-17H2. The van der Waals surface area contributed by atoms with E-state index in [4.69, 9.17) is 4.74 Å². The molecule has 5 fully saturated rings. The molecule has 1 aromatic carbocycles. The number of Topliss-reactive ketones (excluding diaryl/α,β-unsaturated/α-hetero) is 1. The molecule has 1 saturated heterocycles. The van der Waals surface area contributed by atoms with Gasteiger partial charge in [0.25, 0.3) is 0 Å². The summed E-state index contributed by atoms with van der Waals surface area (Å²) in [7, 11) is 0. The molecule has 3 nitrogen and oxygen atoms in total. The highest BCUT2D eigenvalue weighted by molar-refractivity contribution is 5.87. The van der Waals surface area contributed by atoms with Crippen LogP contribution in [0.15, 0.2) is 30.3 Å². The van der Waals surface area contributed by atoms with E-state index < -0.39 is 0 Å². The Bertz CT molecular complexity index is 627. The maximum atomic E-state index is 13.3. The van der Waals surface area contributed by atoms with Gasteiger partial charge in [-0.2, -0.15) is 0 Å². The molecule has 0 aromatic heterocycles. The predicted octanol–water partition coefficient (Wildman–Crippen LogP) is 4.45. The van der Waals surface area contributed by atoms with Crippen LogP contribution in [0.3, 0.4) is 0 Å². The first-order valence-electron chi connectivity index (χ1n) is 11.1. The molecule has 4 aliphatic carbocycles. The Balaban J connectivity index is 1.11. The Morgan fingerprint density at radius 3 is 2.15 bits per heavy atom. The highest BCUT2D eigenvalue weighted by Gasteiger charge is 2.54. The van der Waals surface area contributed by atoms with Crippen molar-refractivity contribution in [3.63, 3.8) is 0 Å². The zero-order valence-corrected chi connectivity index (χ0v) is 16.4. The number of likely N-dealkylation sites (tertiary alicyclic amines) is 1. The Kier molecular flexibility index (Phi) is 4.85. The zero-order valence-electron chi connectivity index (χ0n) is 16.4.